The molecule has 1 aliphatic rings. The van der Waals surface area contributed by atoms with Crippen LogP contribution in [0.15, 0.2) is 32.3 Å². The third kappa shape index (κ3) is 3.28. The zero-order chi connectivity index (χ0) is 18.9. The number of hydrogen-bond donors (Lipinski definition) is 0. The normalized spacial score (nSPS) is 16.8. The molecule has 3 rings (SSSR count). The van der Waals surface area contributed by atoms with Gasteiger partial charge in [0.1, 0.15) is 0 Å². The molecular weight excluding hydrogens is 360 g/mol. The number of aromatic nitrogens is 1. The molecule has 0 saturated carbocycles. The lowest BCUT2D eigenvalue weighted by atomic mass is 9.98. The average molecular weight is 382 g/mol. The van der Waals surface area contributed by atoms with E-state index in [2.05, 4.69) is 0 Å². The second-order valence-corrected chi connectivity index (χ2v) is 8.11. The minimum Gasteiger partial charge on any atom is -0.466 e. The number of benzene rings is 1. The second kappa shape index (κ2) is 7.24. The van der Waals surface area contributed by atoms with E-state index in [0.717, 1.165) is 0 Å². The van der Waals surface area contributed by atoms with E-state index in [0.29, 0.717) is 31.5 Å². The predicted molar refractivity (Wildman–Crippen MR) is 94.3 cm³/mol. The first-order valence-electron chi connectivity index (χ1n) is 8.68. The van der Waals surface area contributed by atoms with Crippen LogP contribution in [0, 0.1) is 5.92 Å². The lowest BCUT2D eigenvalue weighted by Gasteiger charge is -2.30. The van der Waals surface area contributed by atoms with Crippen LogP contribution in [0.5, 0.6) is 0 Å². The van der Waals surface area contributed by atoms with Gasteiger partial charge in [0.15, 0.2) is 5.58 Å². The molecule has 1 aromatic heterocycles. The van der Waals surface area contributed by atoms with Crippen LogP contribution < -0.4 is 5.76 Å². The van der Waals surface area contributed by atoms with Gasteiger partial charge < -0.3 is 9.15 Å². The van der Waals surface area contributed by atoms with Crippen LogP contribution in [-0.2, 0) is 26.1 Å². The highest BCUT2D eigenvalue weighted by atomic mass is 32.2. The summed E-state index contributed by atoms with van der Waals surface area (Å²) in [5.74, 6) is -1.04. The topological polar surface area (TPSA) is 98.8 Å². The van der Waals surface area contributed by atoms with Gasteiger partial charge in [-0.25, -0.2) is 13.2 Å². The summed E-state index contributed by atoms with van der Waals surface area (Å²) in [6.07, 6.45) is 0.864. The second-order valence-electron chi connectivity index (χ2n) is 6.17. The van der Waals surface area contributed by atoms with E-state index in [4.69, 9.17) is 9.15 Å². The summed E-state index contributed by atoms with van der Waals surface area (Å²) in [5, 5.41) is 0. The molecule has 0 unspecified atom stereocenters. The Balaban J connectivity index is 1.82. The zero-order valence-electron chi connectivity index (χ0n) is 14.8. The molecule has 0 radical (unpaired) electrons. The molecule has 1 saturated heterocycles. The smallest absolute Gasteiger partial charge is 0.419 e. The van der Waals surface area contributed by atoms with Gasteiger partial charge in [-0.3, -0.25) is 9.36 Å². The number of sulfonamides is 1. The Morgan fingerprint density at radius 2 is 1.96 bits per heavy atom. The summed E-state index contributed by atoms with van der Waals surface area (Å²) in [5.41, 5.74) is 0.816. The maximum absolute atomic E-state index is 12.9. The minimum atomic E-state index is -3.72. The van der Waals surface area contributed by atoms with Crippen molar-refractivity contribution < 1.29 is 22.4 Å². The van der Waals surface area contributed by atoms with Crippen LogP contribution in [0.4, 0.5) is 0 Å². The van der Waals surface area contributed by atoms with Crippen molar-refractivity contribution in [3.63, 3.8) is 0 Å². The number of ether oxygens (including phenoxy) is 1. The number of fused-ring (bicyclic) bond motifs is 1. The Hall–Kier alpha value is -2.13. The van der Waals surface area contributed by atoms with Gasteiger partial charge in [-0.1, -0.05) is 0 Å². The Kier molecular flexibility index (Phi) is 5.19. The highest BCUT2D eigenvalue weighted by Crippen LogP contribution is 2.26. The molecule has 26 heavy (non-hydrogen) atoms. The maximum Gasteiger partial charge on any atom is 0.419 e. The molecule has 8 nitrogen and oxygen atoms in total. The van der Waals surface area contributed by atoms with Crippen LogP contribution in [-0.4, -0.2) is 43.0 Å². The number of rotatable bonds is 5. The monoisotopic (exact) mass is 382 g/mol. The van der Waals surface area contributed by atoms with E-state index in [1.54, 1.807) is 13.0 Å². The lowest BCUT2D eigenvalue weighted by Crippen LogP contribution is -2.40. The van der Waals surface area contributed by atoms with Gasteiger partial charge >= 0.3 is 11.7 Å². The van der Waals surface area contributed by atoms with Crippen molar-refractivity contribution in [2.45, 2.75) is 38.1 Å². The molecule has 1 aliphatic heterocycles. The van der Waals surface area contributed by atoms with Crippen LogP contribution in [0.2, 0.25) is 0 Å². The first-order valence-corrected chi connectivity index (χ1v) is 10.1. The van der Waals surface area contributed by atoms with Crippen molar-refractivity contribution in [3.8, 4) is 0 Å². The van der Waals surface area contributed by atoms with Crippen LogP contribution in [0.25, 0.3) is 11.1 Å². The molecule has 9 heteroatoms. The third-order valence-corrected chi connectivity index (χ3v) is 6.56. The fraction of sp³-hybridized carbons (Fsp3) is 0.529. The first-order chi connectivity index (χ1) is 12.4. The number of hydrogen-bond acceptors (Lipinski definition) is 6. The number of carbonyl (C=O) groups is 1. The summed E-state index contributed by atoms with van der Waals surface area (Å²) >= 11 is 0. The highest BCUT2D eigenvalue weighted by molar-refractivity contribution is 7.89. The Labute approximate surface area is 151 Å². The van der Waals surface area contributed by atoms with Crippen molar-refractivity contribution in [1.29, 1.82) is 0 Å². The SMILES string of the molecule is CCOC(=O)C1CCN(S(=O)(=O)c2ccc3c(c2)oc(=O)n3CC)CC1. The molecule has 0 spiro atoms. The number of aryl methyl sites for hydroxylation is 1. The Morgan fingerprint density at radius 1 is 1.27 bits per heavy atom. The van der Waals surface area contributed by atoms with Gasteiger partial charge in [0.05, 0.1) is 22.9 Å². The summed E-state index contributed by atoms with van der Waals surface area (Å²) < 4.78 is 38.7. The molecule has 1 fully saturated rings. The van der Waals surface area contributed by atoms with Gasteiger partial charge in [-0.15, -0.1) is 0 Å². The zero-order valence-corrected chi connectivity index (χ0v) is 15.6. The van der Waals surface area contributed by atoms with Gasteiger partial charge in [-0.05, 0) is 38.8 Å². The van der Waals surface area contributed by atoms with Gasteiger partial charge in [0.2, 0.25) is 10.0 Å². The van der Waals surface area contributed by atoms with Gasteiger partial charge in [0, 0.05) is 25.7 Å². The molecule has 0 N–H and O–H groups in total. The van der Waals surface area contributed by atoms with Crippen molar-refractivity contribution >= 4 is 27.1 Å². The quantitative estimate of drug-likeness (QED) is 0.728. The summed E-state index contributed by atoms with van der Waals surface area (Å²) in [4.78, 5) is 23.7. The molecule has 0 amide bonds. The summed E-state index contributed by atoms with van der Waals surface area (Å²) in [7, 11) is -3.72. The number of oxazole rings is 1. The van der Waals surface area contributed by atoms with Crippen LogP contribution >= 0.6 is 0 Å². The third-order valence-electron chi connectivity index (χ3n) is 4.67. The van der Waals surface area contributed by atoms with Crippen molar-refractivity contribution in [3.05, 3.63) is 28.7 Å². The Morgan fingerprint density at radius 3 is 2.58 bits per heavy atom. The Bertz CT molecular complexity index is 967. The summed E-state index contributed by atoms with van der Waals surface area (Å²) in [6.45, 7) is 4.83. The molecular formula is C17H22N2O6S. The summed E-state index contributed by atoms with van der Waals surface area (Å²) in [6, 6.07) is 4.45. The first kappa shape index (κ1) is 18.7. The lowest BCUT2D eigenvalue weighted by molar-refractivity contribution is -0.149. The average Bonchev–Trinajstić information content (AvgIpc) is 2.96. The number of esters is 1. The van der Waals surface area contributed by atoms with Gasteiger partial charge in [0.25, 0.3) is 0 Å². The maximum atomic E-state index is 12.9. The highest BCUT2D eigenvalue weighted by Gasteiger charge is 2.33. The largest absolute Gasteiger partial charge is 0.466 e. The molecule has 2 aromatic rings. The molecule has 0 atom stereocenters. The standard InChI is InChI=1S/C17H22N2O6S/c1-3-19-14-6-5-13(11-15(14)25-17(19)21)26(22,23)18-9-7-12(8-10-18)16(20)24-4-2/h5-6,11-12H,3-4,7-10H2,1-2H3. The predicted octanol–water partition coefficient (Wildman–Crippen LogP) is 1.58. The van der Waals surface area contributed by atoms with Gasteiger partial charge in [-0.2, -0.15) is 4.31 Å². The van der Waals surface area contributed by atoms with Crippen molar-refractivity contribution in [2.75, 3.05) is 19.7 Å². The number of carbonyl (C=O) groups excluding carboxylic acids is 1. The van der Waals surface area contributed by atoms with Crippen molar-refractivity contribution in [2.24, 2.45) is 5.92 Å². The fourth-order valence-electron chi connectivity index (χ4n) is 3.25. The van der Waals surface area contributed by atoms with Crippen LogP contribution in [0.1, 0.15) is 26.7 Å². The fourth-order valence-corrected chi connectivity index (χ4v) is 4.73. The van der Waals surface area contributed by atoms with E-state index < -0.39 is 15.8 Å². The van der Waals surface area contributed by atoms with E-state index in [1.165, 1.54) is 21.0 Å². The van der Waals surface area contributed by atoms with E-state index in [1.807, 2.05) is 6.92 Å². The molecule has 142 valence electrons. The van der Waals surface area contributed by atoms with E-state index >= 15 is 0 Å². The van der Waals surface area contributed by atoms with E-state index in [9.17, 15) is 18.0 Å². The molecule has 2 heterocycles. The van der Waals surface area contributed by atoms with E-state index in [-0.39, 0.29) is 35.5 Å². The van der Waals surface area contributed by atoms with Crippen molar-refractivity contribution in [1.82, 2.24) is 8.87 Å². The minimum absolute atomic E-state index is 0.0802. The number of nitrogens with zero attached hydrogens (tertiary/aromatic N) is 2. The van der Waals surface area contributed by atoms with Crippen LogP contribution in [0.3, 0.4) is 0 Å². The number of piperidine rings is 1. The molecule has 0 aliphatic carbocycles. The molecule has 0 bridgehead atoms. The molecule has 1 aromatic carbocycles.